The fourth-order valence-corrected chi connectivity index (χ4v) is 4.43. The number of piperidine rings is 1. The van der Waals surface area contributed by atoms with Crippen LogP contribution in [0.2, 0.25) is 0 Å². The molecule has 30 heavy (non-hydrogen) atoms. The van der Waals surface area contributed by atoms with Crippen molar-refractivity contribution in [1.82, 2.24) is 14.8 Å². The zero-order chi connectivity index (χ0) is 20.9. The van der Waals surface area contributed by atoms with Crippen LogP contribution in [0.3, 0.4) is 0 Å². The number of nitrogens with zero attached hydrogens (tertiary/aromatic N) is 2. The largest absolute Gasteiger partial charge is 0.352 e. The Balaban J connectivity index is 1.31. The van der Waals surface area contributed by atoms with E-state index in [0.717, 1.165) is 50.9 Å². The van der Waals surface area contributed by atoms with Crippen molar-refractivity contribution < 1.29 is 9.18 Å². The number of carbonyl (C=O) groups is 1. The van der Waals surface area contributed by atoms with E-state index in [0.29, 0.717) is 12.6 Å². The average molecular weight is 408 g/mol. The van der Waals surface area contributed by atoms with Crippen LogP contribution in [0, 0.1) is 5.82 Å². The molecule has 0 aliphatic carbocycles. The van der Waals surface area contributed by atoms with Crippen LogP contribution in [-0.4, -0.2) is 35.0 Å². The highest BCUT2D eigenvalue weighted by Crippen LogP contribution is 2.28. The fourth-order valence-electron chi connectivity index (χ4n) is 4.43. The summed E-state index contributed by atoms with van der Waals surface area (Å²) in [5, 5.41) is 4.14. The lowest BCUT2D eigenvalue weighted by molar-refractivity contribution is -0.119. The molecule has 0 atom stereocenters. The number of aromatic nitrogens is 1. The number of nitrogens with one attached hydrogen (secondary N) is 1. The molecule has 0 bridgehead atoms. The summed E-state index contributed by atoms with van der Waals surface area (Å²) >= 11 is 0. The Morgan fingerprint density at radius 3 is 2.53 bits per heavy atom. The van der Waals surface area contributed by atoms with Crippen molar-refractivity contribution in [2.45, 2.75) is 45.2 Å². The van der Waals surface area contributed by atoms with Crippen LogP contribution in [0.25, 0.3) is 10.9 Å². The third-order valence-electron chi connectivity index (χ3n) is 6.13. The molecule has 1 aromatic heterocycles. The molecule has 158 valence electrons. The van der Waals surface area contributed by atoms with Gasteiger partial charge >= 0.3 is 0 Å². The number of fused-ring (bicyclic) bond motifs is 1. The molecular formula is C25H30FN3O. The Morgan fingerprint density at radius 2 is 1.80 bits per heavy atom. The van der Waals surface area contributed by atoms with Crippen molar-refractivity contribution in [2.75, 3.05) is 19.6 Å². The summed E-state index contributed by atoms with van der Waals surface area (Å²) in [5.74, 6) is -0.169. The number of hydrogen-bond donors (Lipinski definition) is 1. The molecule has 2 aromatic carbocycles. The number of amides is 1. The van der Waals surface area contributed by atoms with Gasteiger partial charge in [0.05, 0.1) is 0 Å². The third kappa shape index (κ3) is 5.08. The highest BCUT2D eigenvalue weighted by Gasteiger charge is 2.21. The summed E-state index contributed by atoms with van der Waals surface area (Å²) in [6, 6.07) is 16.0. The van der Waals surface area contributed by atoms with Crippen molar-refractivity contribution in [3.8, 4) is 0 Å². The van der Waals surface area contributed by atoms with E-state index in [4.69, 9.17) is 0 Å². The molecule has 0 radical (unpaired) electrons. The lowest BCUT2D eigenvalue weighted by Crippen LogP contribution is -2.35. The van der Waals surface area contributed by atoms with Gasteiger partial charge < -0.3 is 14.8 Å². The summed E-state index contributed by atoms with van der Waals surface area (Å²) < 4.78 is 15.4. The van der Waals surface area contributed by atoms with Crippen molar-refractivity contribution in [1.29, 1.82) is 0 Å². The van der Waals surface area contributed by atoms with Crippen molar-refractivity contribution in [3.63, 3.8) is 0 Å². The average Bonchev–Trinajstić information content (AvgIpc) is 3.17. The van der Waals surface area contributed by atoms with Crippen molar-refractivity contribution >= 4 is 16.8 Å². The Kier molecular flexibility index (Phi) is 6.48. The maximum Gasteiger partial charge on any atom is 0.217 e. The predicted octanol–water partition coefficient (Wildman–Crippen LogP) is 4.69. The lowest BCUT2D eigenvalue weighted by Gasteiger charge is -2.33. The van der Waals surface area contributed by atoms with Crippen LogP contribution in [0.4, 0.5) is 4.39 Å². The molecule has 5 heteroatoms. The molecule has 3 aromatic rings. The van der Waals surface area contributed by atoms with Crippen LogP contribution in [0.1, 0.15) is 43.4 Å². The standard InChI is InChI=1S/C25H30FN3O/c1-19(30)27-18-21-4-7-22-10-16-29(25(22)17-21)24-11-14-28(15-12-24)13-2-3-20-5-8-23(26)9-6-20/h4-10,16-17,24H,2-3,11-15,18H2,1H3,(H,27,30). The fraction of sp³-hybridized carbons (Fsp3) is 0.400. The molecule has 1 aliphatic rings. The highest BCUT2D eigenvalue weighted by molar-refractivity contribution is 5.81. The van der Waals surface area contributed by atoms with E-state index >= 15 is 0 Å². The molecule has 0 spiro atoms. The minimum Gasteiger partial charge on any atom is -0.352 e. The summed E-state index contributed by atoms with van der Waals surface area (Å²) in [7, 11) is 0. The number of benzene rings is 2. The van der Waals surface area contributed by atoms with Crippen molar-refractivity contribution in [2.24, 2.45) is 0 Å². The van der Waals surface area contributed by atoms with Crippen LogP contribution in [-0.2, 0) is 17.8 Å². The van der Waals surface area contributed by atoms with Crippen LogP contribution in [0.5, 0.6) is 0 Å². The van der Waals surface area contributed by atoms with E-state index in [2.05, 4.69) is 45.2 Å². The number of hydrogen-bond acceptors (Lipinski definition) is 2. The number of carbonyl (C=O) groups excluding carboxylic acids is 1. The van der Waals surface area contributed by atoms with Gasteiger partial charge in [-0.25, -0.2) is 4.39 Å². The van der Waals surface area contributed by atoms with Gasteiger partial charge in [0.2, 0.25) is 5.91 Å². The van der Waals surface area contributed by atoms with Crippen LogP contribution < -0.4 is 5.32 Å². The quantitative estimate of drug-likeness (QED) is 0.617. The van der Waals surface area contributed by atoms with Gasteiger partial charge in [-0.3, -0.25) is 4.79 Å². The van der Waals surface area contributed by atoms with Gasteiger partial charge in [-0.1, -0.05) is 24.3 Å². The van der Waals surface area contributed by atoms with Gasteiger partial charge in [-0.05, 0) is 73.0 Å². The van der Waals surface area contributed by atoms with E-state index in [9.17, 15) is 9.18 Å². The number of likely N-dealkylation sites (tertiary alicyclic amines) is 1. The number of rotatable bonds is 7. The number of halogens is 1. The molecule has 1 aliphatic heterocycles. The van der Waals surface area contributed by atoms with Crippen LogP contribution >= 0.6 is 0 Å². The Morgan fingerprint density at radius 1 is 1.07 bits per heavy atom. The second-order valence-electron chi connectivity index (χ2n) is 8.33. The molecular weight excluding hydrogens is 377 g/mol. The molecule has 1 N–H and O–H groups in total. The minimum atomic E-state index is -0.166. The minimum absolute atomic E-state index is 0.00252. The first kappa shape index (κ1) is 20.6. The highest BCUT2D eigenvalue weighted by atomic mass is 19.1. The Labute approximate surface area is 177 Å². The van der Waals surface area contributed by atoms with Crippen LogP contribution in [0.15, 0.2) is 54.7 Å². The molecule has 4 rings (SSSR count). The predicted molar refractivity (Wildman–Crippen MR) is 119 cm³/mol. The summed E-state index contributed by atoms with van der Waals surface area (Å²) in [6.07, 6.45) is 6.61. The summed E-state index contributed by atoms with van der Waals surface area (Å²) in [4.78, 5) is 13.8. The second kappa shape index (κ2) is 9.43. The van der Waals surface area contributed by atoms with Gasteiger partial charge in [0.15, 0.2) is 0 Å². The smallest absolute Gasteiger partial charge is 0.217 e. The van der Waals surface area contributed by atoms with Gasteiger partial charge in [0, 0.05) is 44.3 Å². The molecule has 4 nitrogen and oxygen atoms in total. The second-order valence-corrected chi connectivity index (χ2v) is 8.33. The molecule has 0 unspecified atom stereocenters. The first-order chi connectivity index (χ1) is 14.6. The van der Waals surface area contributed by atoms with E-state index in [1.807, 2.05) is 12.1 Å². The van der Waals surface area contributed by atoms with Gasteiger partial charge in [-0.15, -0.1) is 0 Å². The molecule has 2 heterocycles. The SMILES string of the molecule is CC(=O)NCc1ccc2ccn(C3CCN(CCCc4ccc(F)cc4)CC3)c2c1. The van der Waals surface area contributed by atoms with E-state index < -0.39 is 0 Å². The summed E-state index contributed by atoms with van der Waals surface area (Å²) in [6.45, 7) is 5.44. The molecule has 1 saturated heterocycles. The normalized spacial score (nSPS) is 15.5. The van der Waals surface area contributed by atoms with Gasteiger partial charge in [-0.2, -0.15) is 0 Å². The number of aryl methyl sites for hydroxylation is 1. The lowest BCUT2D eigenvalue weighted by atomic mass is 10.0. The van der Waals surface area contributed by atoms with Gasteiger partial charge in [0.25, 0.3) is 0 Å². The maximum atomic E-state index is 13.0. The first-order valence-electron chi connectivity index (χ1n) is 10.9. The van der Waals surface area contributed by atoms with E-state index in [-0.39, 0.29) is 11.7 Å². The Bertz CT molecular complexity index is 987. The first-order valence-corrected chi connectivity index (χ1v) is 10.9. The van der Waals surface area contributed by atoms with Crippen molar-refractivity contribution in [3.05, 3.63) is 71.7 Å². The summed E-state index contributed by atoms with van der Waals surface area (Å²) in [5.41, 5.74) is 3.60. The molecule has 1 amide bonds. The maximum absolute atomic E-state index is 13.0. The van der Waals surface area contributed by atoms with E-state index in [1.54, 1.807) is 19.1 Å². The van der Waals surface area contributed by atoms with E-state index in [1.165, 1.54) is 16.5 Å². The molecule has 1 fully saturated rings. The zero-order valence-electron chi connectivity index (χ0n) is 17.6. The molecule has 0 saturated carbocycles. The van der Waals surface area contributed by atoms with Gasteiger partial charge in [0.1, 0.15) is 5.82 Å². The zero-order valence-corrected chi connectivity index (χ0v) is 17.6. The third-order valence-corrected chi connectivity index (χ3v) is 6.13. The monoisotopic (exact) mass is 407 g/mol. The topological polar surface area (TPSA) is 37.3 Å². The Hall–Kier alpha value is -2.66.